The van der Waals surface area contributed by atoms with Crippen LogP contribution in [0.25, 0.3) is 0 Å². The van der Waals surface area contributed by atoms with Gasteiger partial charge in [-0.1, -0.05) is 23.2 Å². The lowest BCUT2D eigenvalue weighted by molar-refractivity contribution is -0.153. The Morgan fingerprint density at radius 1 is 0.833 bits per heavy atom. The standard InChI is InChI=1S/C17H12Cl2F6N2O2S/c18-9-1-2-13(19)14(3-9)27-15(30)26-10-4-11(28-7-16(20,21)22)6-12(5-10)29-8-17(23,24)25/h1-6H,7-8H2,(H2,26,27,30). The van der Waals surface area contributed by atoms with Gasteiger partial charge in [-0.3, -0.25) is 0 Å². The first-order valence-electron chi connectivity index (χ1n) is 7.88. The smallest absolute Gasteiger partial charge is 0.422 e. The van der Waals surface area contributed by atoms with Crippen molar-refractivity contribution in [3.8, 4) is 11.5 Å². The Bertz CT molecular complexity index is 873. The van der Waals surface area contributed by atoms with Crippen LogP contribution >= 0.6 is 35.4 Å². The second kappa shape index (κ2) is 9.80. The molecule has 13 heteroatoms. The zero-order valence-corrected chi connectivity index (χ0v) is 17.0. The van der Waals surface area contributed by atoms with E-state index >= 15 is 0 Å². The van der Waals surface area contributed by atoms with Crippen LogP contribution in [0.4, 0.5) is 37.7 Å². The first-order valence-corrected chi connectivity index (χ1v) is 9.04. The molecule has 0 saturated carbocycles. The molecule has 0 fully saturated rings. The summed E-state index contributed by atoms with van der Waals surface area (Å²) >= 11 is 17.0. The highest BCUT2D eigenvalue weighted by atomic mass is 35.5. The summed E-state index contributed by atoms with van der Waals surface area (Å²) in [6.45, 7) is -3.29. The van der Waals surface area contributed by atoms with E-state index in [0.29, 0.717) is 10.7 Å². The molecule has 2 rings (SSSR count). The molecule has 30 heavy (non-hydrogen) atoms. The Hall–Kier alpha value is -2.11. The van der Waals surface area contributed by atoms with Crippen molar-refractivity contribution in [2.24, 2.45) is 0 Å². The van der Waals surface area contributed by atoms with E-state index in [2.05, 4.69) is 20.1 Å². The van der Waals surface area contributed by atoms with Crippen molar-refractivity contribution in [2.45, 2.75) is 12.4 Å². The molecule has 0 heterocycles. The third-order valence-corrected chi connectivity index (χ3v) is 3.89. The molecule has 0 aromatic heterocycles. The number of hydrogen-bond acceptors (Lipinski definition) is 3. The summed E-state index contributed by atoms with van der Waals surface area (Å²) in [4.78, 5) is 0. The second-order valence-electron chi connectivity index (χ2n) is 5.70. The molecule has 0 radical (unpaired) electrons. The molecule has 2 aromatic rings. The number of anilines is 2. The number of alkyl halides is 6. The predicted octanol–water partition coefficient (Wildman–Crippen LogP) is 6.68. The summed E-state index contributed by atoms with van der Waals surface area (Å²) in [5.41, 5.74) is 0.349. The van der Waals surface area contributed by atoms with E-state index in [0.717, 1.165) is 18.2 Å². The van der Waals surface area contributed by atoms with Crippen LogP contribution in [0.1, 0.15) is 0 Å². The molecule has 0 saturated heterocycles. The number of ether oxygens (including phenoxy) is 2. The van der Waals surface area contributed by atoms with E-state index in [9.17, 15) is 26.3 Å². The number of benzene rings is 2. The van der Waals surface area contributed by atoms with Gasteiger partial charge in [-0.15, -0.1) is 0 Å². The van der Waals surface area contributed by atoms with Gasteiger partial charge in [-0.25, -0.2) is 0 Å². The fraction of sp³-hybridized carbons (Fsp3) is 0.235. The normalized spacial score (nSPS) is 11.7. The minimum atomic E-state index is -4.64. The van der Waals surface area contributed by atoms with Gasteiger partial charge in [-0.2, -0.15) is 26.3 Å². The molecule has 0 unspecified atom stereocenters. The highest BCUT2D eigenvalue weighted by Gasteiger charge is 2.30. The lowest BCUT2D eigenvalue weighted by Gasteiger charge is -2.16. The van der Waals surface area contributed by atoms with Gasteiger partial charge in [0.05, 0.1) is 10.7 Å². The maximum atomic E-state index is 12.4. The Labute approximate surface area is 182 Å². The summed E-state index contributed by atoms with van der Waals surface area (Å²) in [6.07, 6.45) is -9.28. The van der Waals surface area contributed by atoms with Crippen molar-refractivity contribution in [1.29, 1.82) is 0 Å². The van der Waals surface area contributed by atoms with Crippen LogP contribution in [0.15, 0.2) is 36.4 Å². The Kier molecular flexibility index (Phi) is 7.89. The van der Waals surface area contributed by atoms with Crippen LogP contribution < -0.4 is 20.1 Å². The highest BCUT2D eigenvalue weighted by Crippen LogP contribution is 2.30. The topological polar surface area (TPSA) is 42.5 Å². The average molecular weight is 493 g/mol. The molecule has 4 nitrogen and oxygen atoms in total. The molecule has 0 atom stereocenters. The number of halogens is 8. The van der Waals surface area contributed by atoms with E-state index in [-0.39, 0.29) is 27.3 Å². The summed E-state index contributed by atoms with van der Waals surface area (Å²) in [5, 5.41) is 5.89. The molecule has 0 amide bonds. The van der Waals surface area contributed by atoms with E-state index in [4.69, 9.17) is 35.4 Å². The van der Waals surface area contributed by atoms with Gasteiger partial charge < -0.3 is 20.1 Å². The largest absolute Gasteiger partial charge is 0.484 e. The summed E-state index contributed by atoms with van der Waals surface area (Å²) < 4.78 is 83.5. The third-order valence-electron chi connectivity index (χ3n) is 3.12. The van der Waals surface area contributed by atoms with E-state index in [1.54, 1.807) is 0 Å². The van der Waals surface area contributed by atoms with Gasteiger partial charge >= 0.3 is 12.4 Å². The van der Waals surface area contributed by atoms with Crippen molar-refractivity contribution >= 4 is 51.9 Å². The lowest BCUT2D eigenvalue weighted by Crippen LogP contribution is -2.21. The number of nitrogens with one attached hydrogen (secondary N) is 2. The van der Waals surface area contributed by atoms with E-state index < -0.39 is 25.6 Å². The molecule has 2 N–H and O–H groups in total. The van der Waals surface area contributed by atoms with Crippen LogP contribution in [0.2, 0.25) is 10.0 Å². The summed E-state index contributed by atoms with van der Waals surface area (Å²) in [7, 11) is 0. The lowest BCUT2D eigenvalue weighted by atomic mass is 10.2. The minimum absolute atomic E-state index is 0.0162. The van der Waals surface area contributed by atoms with Crippen LogP contribution in [0.3, 0.4) is 0 Å². The zero-order valence-electron chi connectivity index (χ0n) is 14.6. The van der Waals surface area contributed by atoms with Gasteiger partial charge in [0.15, 0.2) is 18.3 Å². The Morgan fingerprint density at radius 2 is 1.37 bits per heavy atom. The van der Waals surface area contributed by atoms with E-state index in [1.807, 2.05) is 0 Å². The Balaban J connectivity index is 2.18. The molecule has 2 aromatic carbocycles. The van der Waals surface area contributed by atoms with Gasteiger partial charge in [-0.05, 0) is 30.4 Å². The van der Waals surface area contributed by atoms with Crippen LogP contribution in [0.5, 0.6) is 11.5 Å². The van der Waals surface area contributed by atoms with Crippen LogP contribution in [0, 0.1) is 0 Å². The maximum Gasteiger partial charge on any atom is 0.422 e. The summed E-state index contributed by atoms with van der Waals surface area (Å²) in [5.74, 6) is -0.754. The maximum absolute atomic E-state index is 12.4. The molecular weight excluding hydrogens is 481 g/mol. The average Bonchev–Trinajstić information content (AvgIpc) is 2.60. The van der Waals surface area contributed by atoms with Crippen molar-refractivity contribution in [3.05, 3.63) is 46.4 Å². The quantitative estimate of drug-likeness (QED) is 0.347. The van der Waals surface area contributed by atoms with Gasteiger partial charge in [0, 0.05) is 28.9 Å². The molecular formula is C17H12Cl2F6N2O2S. The number of thiocarbonyl (C=S) groups is 1. The second-order valence-corrected chi connectivity index (χ2v) is 6.96. The van der Waals surface area contributed by atoms with Crippen molar-refractivity contribution in [2.75, 3.05) is 23.8 Å². The monoisotopic (exact) mass is 492 g/mol. The Morgan fingerprint density at radius 3 is 1.87 bits per heavy atom. The van der Waals surface area contributed by atoms with Gasteiger partial charge in [0.25, 0.3) is 0 Å². The SMILES string of the molecule is FC(F)(F)COc1cc(NC(=S)Nc2cc(Cl)ccc2Cl)cc(OCC(F)(F)F)c1. The van der Waals surface area contributed by atoms with Crippen LogP contribution in [-0.2, 0) is 0 Å². The van der Waals surface area contributed by atoms with Crippen molar-refractivity contribution in [3.63, 3.8) is 0 Å². The van der Waals surface area contributed by atoms with E-state index in [1.165, 1.54) is 18.2 Å². The first kappa shape index (κ1) is 24.2. The first-order chi connectivity index (χ1) is 13.8. The summed E-state index contributed by atoms with van der Waals surface area (Å²) in [6, 6.07) is 7.63. The fourth-order valence-corrected chi connectivity index (χ4v) is 2.58. The molecule has 0 aliphatic heterocycles. The van der Waals surface area contributed by atoms with Crippen molar-refractivity contribution in [1.82, 2.24) is 0 Å². The number of hydrogen-bond donors (Lipinski definition) is 2. The molecule has 0 aliphatic rings. The van der Waals surface area contributed by atoms with Gasteiger partial charge in [0.2, 0.25) is 0 Å². The van der Waals surface area contributed by atoms with Crippen molar-refractivity contribution < 1.29 is 35.8 Å². The fourth-order valence-electron chi connectivity index (χ4n) is 2.02. The zero-order chi connectivity index (χ0) is 22.5. The molecule has 0 spiro atoms. The predicted molar refractivity (Wildman–Crippen MR) is 106 cm³/mol. The minimum Gasteiger partial charge on any atom is -0.484 e. The van der Waals surface area contributed by atoms with Crippen LogP contribution in [-0.4, -0.2) is 30.7 Å². The van der Waals surface area contributed by atoms with Gasteiger partial charge in [0.1, 0.15) is 11.5 Å². The molecule has 0 aliphatic carbocycles. The third kappa shape index (κ3) is 8.72. The molecule has 164 valence electrons. The number of rotatable bonds is 6. The molecule has 0 bridgehead atoms. The highest BCUT2D eigenvalue weighted by molar-refractivity contribution is 7.80.